The van der Waals surface area contributed by atoms with E-state index in [0.717, 1.165) is 138 Å². The highest BCUT2D eigenvalue weighted by atomic mass is 16.3. The Balaban J connectivity index is 0.952. The molecule has 0 fully saturated rings. The lowest BCUT2D eigenvalue weighted by Gasteiger charge is -2.17. The monoisotopic (exact) mass is 971 g/mol. The topological polar surface area (TPSA) is 74.8 Å². The zero-order valence-electron chi connectivity index (χ0n) is 40.7. The van der Waals surface area contributed by atoms with Gasteiger partial charge in [-0.2, -0.15) is 15.0 Å². The average molecular weight is 972 g/mol. The lowest BCUT2D eigenvalue weighted by molar-refractivity contribution is 0.668. The summed E-state index contributed by atoms with van der Waals surface area (Å²) >= 11 is 0. The number of rotatable bonds is 7. The molecule has 16 rings (SSSR count). The van der Waals surface area contributed by atoms with E-state index in [1.807, 2.05) is 24.3 Å². The van der Waals surface area contributed by atoms with Crippen molar-refractivity contribution in [2.24, 2.45) is 0 Å². The second-order valence-corrected chi connectivity index (χ2v) is 19.5. The highest BCUT2D eigenvalue weighted by molar-refractivity contribution is 6.13. The molecule has 0 bridgehead atoms. The summed E-state index contributed by atoms with van der Waals surface area (Å²) in [7, 11) is 0. The molecule has 0 unspecified atom stereocenters. The standard InChI is InChI=1S/C69H41N5O2/c1-3-16-42(17-4-1)48-24-15-25-49(43-18-5-2-6-19-43)66(48)67-70-68(73-58-26-11-7-20-50(58)54-38-44(30-34-60(54)73)46-32-36-64-56(40-46)52-22-9-13-28-62(52)75-64)72-69(71-67)74-59-27-12-8-21-51(59)55-39-45(31-35-61(55)74)47-33-37-65-57(41-47)53-23-10-14-29-63(53)76-65/h1-41H. The second-order valence-electron chi connectivity index (χ2n) is 19.5. The first-order valence-corrected chi connectivity index (χ1v) is 25.6. The number of aromatic nitrogens is 5. The highest BCUT2D eigenvalue weighted by Gasteiger charge is 2.25. The van der Waals surface area contributed by atoms with Gasteiger partial charge >= 0.3 is 0 Å². The van der Waals surface area contributed by atoms with Gasteiger partial charge in [0.05, 0.1) is 22.1 Å². The van der Waals surface area contributed by atoms with E-state index in [1.165, 1.54) is 0 Å². The number of nitrogens with zero attached hydrogens (tertiary/aromatic N) is 5. The molecule has 5 heterocycles. The molecular weight excluding hydrogens is 931 g/mol. The Hall–Kier alpha value is -10.4. The molecule has 7 heteroatoms. The number of furan rings is 2. The fourth-order valence-corrected chi connectivity index (χ4v) is 11.7. The van der Waals surface area contributed by atoms with Crippen molar-refractivity contribution in [3.8, 4) is 67.8 Å². The number of hydrogen-bond acceptors (Lipinski definition) is 5. The minimum atomic E-state index is 0.510. The molecule has 0 atom stereocenters. The SMILES string of the molecule is c1ccc(-c2cccc(-c3ccccc3)c2-c2nc(-n3c4ccccc4c4cc(-c5ccc6oc7ccccc7c6c5)ccc43)nc(-n3c4ccccc4c4cc(-c5ccc6oc7ccccc7c6c5)ccc43)n2)cc1. The van der Waals surface area contributed by atoms with Crippen LogP contribution in [0.5, 0.6) is 0 Å². The second kappa shape index (κ2) is 16.6. The van der Waals surface area contributed by atoms with Crippen molar-refractivity contribution in [2.45, 2.75) is 0 Å². The fraction of sp³-hybridized carbons (Fsp3) is 0. The predicted molar refractivity (Wildman–Crippen MR) is 310 cm³/mol. The predicted octanol–water partition coefficient (Wildman–Crippen LogP) is 18.2. The Bertz CT molecular complexity index is 4700. The lowest BCUT2D eigenvalue weighted by Crippen LogP contribution is -2.11. The summed E-state index contributed by atoms with van der Waals surface area (Å²) in [6.07, 6.45) is 0. The van der Waals surface area contributed by atoms with Gasteiger partial charge in [-0.3, -0.25) is 9.13 Å². The van der Waals surface area contributed by atoms with E-state index in [2.05, 4.69) is 234 Å². The van der Waals surface area contributed by atoms with Gasteiger partial charge in [0.15, 0.2) is 5.82 Å². The van der Waals surface area contributed by atoms with Crippen molar-refractivity contribution in [3.63, 3.8) is 0 Å². The largest absolute Gasteiger partial charge is 0.456 e. The smallest absolute Gasteiger partial charge is 0.240 e. The van der Waals surface area contributed by atoms with Crippen molar-refractivity contribution < 1.29 is 8.83 Å². The van der Waals surface area contributed by atoms with Crippen LogP contribution >= 0.6 is 0 Å². The van der Waals surface area contributed by atoms with Gasteiger partial charge in [-0.05, 0) is 117 Å². The van der Waals surface area contributed by atoms with Crippen molar-refractivity contribution in [3.05, 3.63) is 249 Å². The van der Waals surface area contributed by atoms with E-state index < -0.39 is 0 Å². The van der Waals surface area contributed by atoms with Crippen LogP contribution in [-0.4, -0.2) is 24.1 Å². The summed E-state index contributed by atoms with van der Waals surface area (Å²) in [6.45, 7) is 0. The fourth-order valence-electron chi connectivity index (χ4n) is 11.7. The van der Waals surface area contributed by atoms with E-state index in [4.69, 9.17) is 23.8 Å². The molecule has 76 heavy (non-hydrogen) atoms. The van der Waals surface area contributed by atoms with E-state index in [0.29, 0.717) is 17.7 Å². The van der Waals surface area contributed by atoms with Crippen LogP contribution in [0.1, 0.15) is 0 Å². The summed E-state index contributed by atoms with van der Waals surface area (Å²) in [5.74, 6) is 1.58. The number of fused-ring (bicyclic) bond motifs is 12. The molecule has 5 aromatic heterocycles. The number of para-hydroxylation sites is 4. The van der Waals surface area contributed by atoms with Gasteiger partial charge in [0.25, 0.3) is 0 Å². The van der Waals surface area contributed by atoms with Gasteiger partial charge in [0.2, 0.25) is 11.9 Å². The first-order chi connectivity index (χ1) is 37.7. The van der Waals surface area contributed by atoms with Crippen molar-refractivity contribution in [1.82, 2.24) is 24.1 Å². The highest BCUT2D eigenvalue weighted by Crippen LogP contribution is 2.43. The van der Waals surface area contributed by atoms with Gasteiger partial charge < -0.3 is 8.83 Å². The summed E-state index contributed by atoms with van der Waals surface area (Å²) < 4.78 is 16.9. The van der Waals surface area contributed by atoms with Crippen LogP contribution in [0.4, 0.5) is 0 Å². The summed E-state index contributed by atoms with van der Waals surface area (Å²) in [5, 5.41) is 8.77. The Morgan fingerprint density at radius 1 is 0.250 bits per heavy atom. The molecule has 0 spiro atoms. The van der Waals surface area contributed by atoms with Crippen LogP contribution in [0.3, 0.4) is 0 Å². The molecule has 7 nitrogen and oxygen atoms in total. The number of hydrogen-bond donors (Lipinski definition) is 0. The van der Waals surface area contributed by atoms with Crippen LogP contribution in [-0.2, 0) is 0 Å². The maximum absolute atomic E-state index is 6.23. The zero-order chi connectivity index (χ0) is 49.8. The Morgan fingerprint density at radius 2 is 0.618 bits per heavy atom. The van der Waals surface area contributed by atoms with E-state index in [1.54, 1.807) is 0 Å². The third-order valence-corrected chi connectivity index (χ3v) is 15.2. The molecule has 0 aliphatic rings. The average Bonchev–Trinajstić information content (AvgIpc) is 4.30. The van der Waals surface area contributed by atoms with E-state index in [-0.39, 0.29) is 0 Å². The first-order valence-electron chi connectivity index (χ1n) is 25.6. The van der Waals surface area contributed by atoms with Crippen LogP contribution in [0.15, 0.2) is 258 Å². The van der Waals surface area contributed by atoms with Gasteiger partial charge in [-0.25, -0.2) is 0 Å². The van der Waals surface area contributed by atoms with Gasteiger partial charge in [-0.1, -0.05) is 176 Å². The molecule has 354 valence electrons. The van der Waals surface area contributed by atoms with Crippen LogP contribution in [0, 0.1) is 0 Å². The lowest BCUT2D eigenvalue weighted by atomic mass is 9.91. The van der Waals surface area contributed by atoms with E-state index >= 15 is 0 Å². The van der Waals surface area contributed by atoms with Crippen molar-refractivity contribution >= 4 is 87.5 Å². The van der Waals surface area contributed by atoms with Gasteiger partial charge in [-0.15, -0.1) is 0 Å². The minimum absolute atomic E-state index is 0.510. The molecule has 0 N–H and O–H groups in total. The van der Waals surface area contributed by atoms with Crippen LogP contribution < -0.4 is 0 Å². The first kappa shape index (κ1) is 42.2. The summed E-state index contributed by atoms with van der Waals surface area (Å²) in [6, 6.07) is 87.6. The van der Waals surface area contributed by atoms with Crippen molar-refractivity contribution in [2.75, 3.05) is 0 Å². The minimum Gasteiger partial charge on any atom is -0.456 e. The summed E-state index contributed by atoms with van der Waals surface area (Å²) in [4.78, 5) is 16.9. The Kier molecular flexibility index (Phi) is 9.20. The maximum atomic E-state index is 6.23. The van der Waals surface area contributed by atoms with Crippen LogP contribution in [0.2, 0.25) is 0 Å². The molecule has 0 saturated carbocycles. The number of benzene rings is 11. The molecule has 0 saturated heterocycles. The quantitative estimate of drug-likeness (QED) is 0.159. The Labute approximate surface area is 434 Å². The molecular formula is C69H41N5O2. The maximum Gasteiger partial charge on any atom is 0.240 e. The van der Waals surface area contributed by atoms with Crippen LogP contribution in [0.25, 0.3) is 155 Å². The third-order valence-electron chi connectivity index (χ3n) is 15.2. The molecule has 0 radical (unpaired) electrons. The normalized spacial score (nSPS) is 11.9. The van der Waals surface area contributed by atoms with E-state index in [9.17, 15) is 0 Å². The molecule has 11 aromatic carbocycles. The van der Waals surface area contributed by atoms with Crippen molar-refractivity contribution in [1.29, 1.82) is 0 Å². The molecule has 0 amide bonds. The Morgan fingerprint density at radius 3 is 1.09 bits per heavy atom. The zero-order valence-corrected chi connectivity index (χ0v) is 40.7. The molecule has 0 aliphatic carbocycles. The summed E-state index contributed by atoms with van der Waals surface area (Å²) in [5.41, 5.74) is 17.0. The van der Waals surface area contributed by atoms with Gasteiger partial charge in [0.1, 0.15) is 22.3 Å². The third kappa shape index (κ3) is 6.52. The molecule has 0 aliphatic heterocycles. The van der Waals surface area contributed by atoms with Gasteiger partial charge in [0, 0.05) is 48.7 Å². The molecule has 16 aromatic rings.